The average Bonchev–Trinajstić information content (AvgIpc) is 3.59. The molecule has 0 aromatic carbocycles. The standard InChI is InChI=1S/C25H40N4O3/c1-7-12-31-23(30)29-11-10-28(14-20(29)16(2)3)25(6)22(26)18-13-24(4,5)32-15-19(18)21(27-25)17-8-9-17/h16-17,20,26H,7-15H2,1-6H3. The summed E-state index contributed by atoms with van der Waals surface area (Å²) >= 11 is 0. The van der Waals surface area contributed by atoms with E-state index in [2.05, 4.69) is 39.5 Å². The van der Waals surface area contributed by atoms with Crippen LogP contribution in [-0.4, -0.2) is 77.5 Å². The minimum atomic E-state index is -0.698. The molecule has 1 N–H and O–H groups in total. The van der Waals surface area contributed by atoms with E-state index in [4.69, 9.17) is 14.5 Å². The van der Waals surface area contributed by atoms with Crippen LogP contribution in [0.4, 0.5) is 4.79 Å². The molecule has 3 heterocycles. The van der Waals surface area contributed by atoms with Crippen LogP contribution in [0.15, 0.2) is 16.1 Å². The van der Waals surface area contributed by atoms with E-state index in [9.17, 15) is 10.2 Å². The summed E-state index contributed by atoms with van der Waals surface area (Å²) in [5.41, 5.74) is 3.11. The van der Waals surface area contributed by atoms with Gasteiger partial charge in [0.1, 0.15) is 0 Å². The highest BCUT2D eigenvalue weighted by Crippen LogP contribution is 2.44. The van der Waals surface area contributed by atoms with Crippen LogP contribution >= 0.6 is 0 Å². The van der Waals surface area contributed by atoms with Crippen LogP contribution in [0.2, 0.25) is 0 Å². The molecule has 2 fully saturated rings. The first-order valence-corrected chi connectivity index (χ1v) is 12.3. The molecule has 4 aliphatic rings. The first-order chi connectivity index (χ1) is 15.1. The van der Waals surface area contributed by atoms with Gasteiger partial charge in [-0.15, -0.1) is 0 Å². The Bertz CT molecular complexity index is 842. The molecular weight excluding hydrogens is 404 g/mol. The van der Waals surface area contributed by atoms with Crippen molar-refractivity contribution >= 4 is 17.5 Å². The van der Waals surface area contributed by atoms with Crippen LogP contribution in [-0.2, 0) is 9.47 Å². The molecule has 32 heavy (non-hydrogen) atoms. The van der Waals surface area contributed by atoms with Crippen molar-refractivity contribution in [1.29, 1.82) is 5.41 Å². The van der Waals surface area contributed by atoms with Gasteiger partial charge in [-0.2, -0.15) is 0 Å². The van der Waals surface area contributed by atoms with Crippen molar-refractivity contribution in [3.05, 3.63) is 11.1 Å². The minimum Gasteiger partial charge on any atom is -0.449 e. The number of amides is 1. The first-order valence-electron chi connectivity index (χ1n) is 12.3. The predicted molar refractivity (Wildman–Crippen MR) is 127 cm³/mol. The summed E-state index contributed by atoms with van der Waals surface area (Å²) in [6.45, 7) is 15.6. The molecule has 0 spiro atoms. The Morgan fingerprint density at radius 3 is 2.59 bits per heavy atom. The summed E-state index contributed by atoms with van der Waals surface area (Å²) in [7, 11) is 0. The van der Waals surface area contributed by atoms with Gasteiger partial charge in [-0.1, -0.05) is 20.8 Å². The topological polar surface area (TPSA) is 78.2 Å². The lowest BCUT2D eigenvalue weighted by molar-refractivity contribution is -0.0130. The number of aliphatic imine (C=N–C) groups is 1. The number of dihydropyridines is 1. The molecule has 2 atom stereocenters. The van der Waals surface area contributed by atoms with E-state index < -0.39 is 5.66 Å². The van der Waals surface area contributed by atoms with Crippen molar-refractivity contribution in [3.8, 4) is 0 Å². The fourth-order valence-electron chi connectivity index (χ4n) is 5.25. The molecule has 0 aromatic rings. The number of hydrogen-bond donors (Lipinski definition) is 1. The molecule has 178 valence electrons. The maximum atomic E-state index is 12.7. The van der Waals surface area contributed by atoms with Gasteiger partial charge in [-0.25, -0.2) is 4.79 Å². The van der Waals surface area contributed by atoms with Crippen molar-refractivity contribution in [1.82, 2.24) is 9.80 Å². The van der Waals surface area contributed by atoms with Crippen molar-refractivity contribution in [2.24, 2.45) is 16.8 Å². The second-order valence-electron chi connectivity index (χ2n) is 10.9. The number of carbonyl (C=O) groups excluding carboxylic acids is 1. The molecular formula is C25H40N4O3. The minimum absolute atomic E-state index is 0.0406. The van der Waals surface area contributed by atoms with E-state index in [1.807, 2.05) is 11.8 Å². The molecule has 7 nitrogen and oxygen atoms in total. The number of ether oxygens (including phenoxy) is 2. The Kier molecular flexibility index (Phi) is 6.27. The maximum absolute atomic E-state index is 12.7. The van der Waals surface area contributed by atoms with Crippen molar-refractivity contribution in [2.75, 3.05) is 32.8 Å². The molecule has 2 unspecified atom stereocenters. The monoisotopic (exact) mass is 444 g/mol. The Morgan fingerprint density at radius 1 is 1.25 bits per heavy atom. The Morgan fingerprint density at radius 2 is 1.97 bits per heavy atom. The summed E-state index contributed by atoms with van der Waals surface area (Å²) in [5, 5.41) is 9.26. The molecule has 1 saturated heterocycles. The Labute approximate surface area is 192 Å². The summed E-state index contributed by atoms with van der Waals surface area (Å²) in [6.07, 6.45) is 3.71. The molecule has 0 bridgehead atoms. The largest absolute Gasteiger partial charge is 0.449 e. The zero-order valence-electron chi connectivity index (χ0n) is 20.7. The normalized spacial score (nSPS) is 31.0. The van der Waals surface area contributed by atoms with Crippen molar-refractivity contribution in [2.45, 2.75) is 84.5 Å². The van der Waals surface area contributed by atoms with Crippen LogP contribution in [0.25, 0.3) is 0 Å². The van der Waals surface area contributed by atoms with Crippen LogP contribution in [0.5, 0.6) is 0 Å². The highest BCUT2D eigenvalue weighted by atomic mass is 16.6. The smallest absolute Gasteiger partial charge is 0.410 e. The molecule has 0 aromatic heterocycles. The van der Waals surface area contributed by atoms with Gasteiger partial charge in [-0.3, -0.25) is 9.89 Å². The predicted octanol–water partition coefficient (Wildman–Crippen LogP) is 4.27. The second kappa shape index (κ2) is 8.56. The number of carbonyl (C=O) groups is 1. The van der Waals surface area contributed by atoms with Crippen LogP contribution in [0, 0.1) is 17.2 Å². The number of nitrogens with one attached hydrogen (secondary N) is 1. The molecule has 7 heteroatoms. The average molecular weight is 445 g/mol. The van der Waals surface area contributed by atoms with E-state index in [1.54, 1.807) is 0 Å². The zero-order chi connectivity index (χ0) is 23.3. The number of hydrogen-bond acceptors (Lipinski definition) is 6. The fourth-order valence-corrected chi connectivity index (χ4v) is 5.25. The summed E-state index contributed by atoms with van der Waals surface area (Å²) in [5.74, 6) is 0.792. The van der Waals surface area contributed by atoms with E-state index in [0.717, 1.165) is 24.0 Å². The summed E-state index contributed by atoms with van der Waals surface area (Å²) in [4.78, 5) is 22.2. The number of piperazine rings is 1. The summed E-state index contributed by atoms with van der Waals surface area (Å²) < 4.78 is 11.6. The van der Waals surface area contributed by atoms with E-state index in [1.165, 1.54) is 18.6 Å². The highest BCUT2D eigenvalue weighted by molar-refractivity contribution is 6.18. The lowest BCUT2D eigenvalue weighted by atomic mass is 9.79. The lowest BCUT2D eigenvalue weighted by Crippen LogP contribution is -2.65. The quantitative estimate of drug-likeness (QED) is 0.687. The number of rotatable bonds is 5. The molecule has 1 saturated carbocycles. The summed E-state index contributed by atoms with van der Waals surface area (Å²) in [6, 6.07) is 0.0406. The third-order valence-electron chi connectivity index (χ3n) is 7.43. The highest BCUT2D eigenvalue weighted by Gasteiger charge is 2.50. The maximum Gasteiger partial charge on any atom is 0.410 e. The fraction of sp³-hybridized carbons (Fsp3) is 0.800. The molecule has 1 aliphatic carbocycles. The van der Waals surface area contributed by atoms with E-state index >= 15 is 0 Å². The van der Waals surface area contributed by atoms with Crippen molar-refractivity contribution < 1.29 is 14.3 Å². The zero-order valence-corrected chi connectivity index (χ0v) is 20.7. The molecule has 3 aliphatic heterocycles. The van der Waals surface area contributed by atoms with Gasteiger partial charge in [-0.05, 0) is 51.5 Å². The lowest BCUT2D eigenvalue weighted by Gasteiger charge is -2.51. The van der Waals surface area contributed by atoms with Crippen LogP contribution < -0.4 is 0 Å². The van der Waals surface area contributed by atoms with Crippen LogP contribution in [0.1, 0.15) is 67.2 Å². The van der Waals surface area contributed by atoms with E-state index in [-0.39, 0.29) is 23.7 Å². The third kappa shape index (κ3) is 4.26. The second-order valence-corrected chi connectivity index (χ2v) is 10.9. The van der Waals surface area contributed by atoms with Crippen molar-refractivity contribution in [3.63, 3.8) is 0 Å². The van der Waals surface area contributed by atoms with E-state index in [0.29, 0.717) is 44.5 Å². The van der Waals surface area contributed by atoms with Gasteiger partial charge in [0.15, 0.2) is 5.66 Å². The molecule has 4 rings (SSSR count). The van der Waals surface area contributed by atoms with Gasteiger partial charge >= 0.3 is 6.09 Å². The third-order valence-corrected chi connectivity index (χ3v) is 7.43. The van der Waals surface area contributed by atoms with Gasteiger partial charge < -0.3 is 19.8 Å². The van der Waals surface area contributed by atoms with Gasteiger partial charge in [0.05, 0.1) is 30.6 Å². The Hall–Kier alpha value is -1.73. The first kappa shape index (κ1) is 23.4. The van der Waals surface area contributed by atoms with Gasteiger partial charge in [0, 0.05) is 43.3 Å². The molecule has 1 amide bonds. The SMILES string of the molecule is CCCOC(=O)N1CCN(C2(C)N=C(C3CC3)C3=C(CC(C)(C)OC3)C2=N)CC1C(C)C. The van der Waals surface area contributed by atoms with Gasteiger partial charge in [0.25, 0.3) is 0 Å². The number of nitrogens with zero attached hydrogens (tertiary/aromatic N) is 3. The molecule has 0 radical (unpaired) electrons. The van der Waals surface area contributed by atoms with Gasteiger partial charge in [0.2, 0.25) is 0 Å². The Balaban J connectivity index is 1.62. The van der Waals surface area contributed by atoms with Crippen LogP contribution in [0.3, 0.4) is 0 Å².